The van der Waals surface area contributed by atoms with Crippen molar-refractivity contribution in [2.45, 2.75) is 15.9 Å². The zero-order valence-electron chi connectivity index (χ0n) is 7.83. The molecule has 2 N–H and O–H groups in total. The molecule has 3 nitrogen and oxygen atoms in total. The van der Waals surface area contributed by atoms with Crippen molar-refractivity contribution in [3.05, 3.63) is 24.3 Å². The Kier molecular flexibility index (Phi) is 2.49. The van der Waals surface area contributed by atoms with Gasteiger partial charge in [-0.15, -0.1) is 11.8 Å². The van der Waals surface area contributed by atoms with Gasteiger partial charge in [0, 0.05) is 17.4 Å². The molecule has 1 saturated heterocycles. The normalized spacial score (nSPS) is 41.3. The molecule has 2 rings (SSSR count). The van der Waals surface area contributed by atoms with E-state index >= 15 is 0 Å². The van der Waals surface area contributed by atoms with E-state index in [1.165, 1.54) is 6.26 Å². The highest BCUT2D eigenvalue weighted by atomic mass is 32.2. The Bertz CT molecular complexity index is 386. The SMILES string of the molecule is CS(=O)(=O)C1C(N)SC2C=CC=CC21. The Morgan fingerprint density at radius 1 is 1.29 bits per heavy atom. The molecule has 78 valence electrons. The van der Waals surface area contributed by atoms with E-state index in [4.69, 9.17) is 5.73 Å². The number of allylic oxidation sites excluding steroid dienone is 3. The number of hydrogen-bond donors (Lipinski definition) is 1. The van der Waals surface area contributed by atoms with Crippen molar-refractivity contribution in [3.8, 4) is 0 Å². The Hall–Kier alpha value is -0.260. The molecule has 1 aliphatic heterocycles. The first kappa shape index (κ1) is 10.3. The van der Waals surface area contributed by atoms with Gasteiger partial charge in [-0.1, -0.05) is 24.3 Å². The topological polar surface area (TPSA) is 60.2 Å². The average molecular weight is 231 g/mol. The van der Waals surface area contributed by atoms with Crippen molar-refractivity contribution in [1.82, 2.24) is 0 Å². The fourth-order valence-corrected chi connectivity index (χ4v) is 5.58. The number of hydrogen-bond acceptors (Lipinski definition) is 4. The summed E-state index contributed by atoms with van der Waals surface area (Å²) < 4.78 is 23.1. The summed E-state index contributed by atoms with van der Waals surface area (Å²) in [5, 5.41) is -0.499. The smallest absolute Gasteiger partial charge is 0.153 e. The lowest BCUT2D eigenvalue weighted by atomic mass is 9.97. The van der Waals surface area contributed by atoms with Crippen LogP contribution in [0.2, 0.25) is 0 Å². The van der Waals surface area contributed by atoms with Crippen molar-refractivity contribution >= 4 is 21.6 Å². The van der Waals surface area contributed by atoms with Crippen LogP contribution in [0.4, 0.5) is 0 Å². The predicted molar refractivity (Wildman–Crippen MR) is 59.8 cm³/mol. The standard InChI is InChI=1S/C9H13NO2S2/c1-14(11,12)8-6-4-2-3-5-7(6)13-9(8)10/h2-9H,10H2,1H3. The van der Waals surface area contributed by atoms with Crippen molar-refractivity contribution in [1.29, 1.82) is 0 Å². The van der Waals surface area contributed by atoms with Crippen LogP contribution in [0.5, 0.6) is 0 Å². The first-order valence-electron chi connectivity index (χ1n) is 4.45. The van der Waals surface area contributed by atoms with Crippen LogP contribution in [0.25, 0.3) is 0 Å². The van der Waals surface area contributed by atoms with Gasteiger partial charge in [0.1, 0.15) is 0 Å². The van der Waals surface area contributed by atoms with Crippen LogP contribution in [0.3, 0.4) is 0 Å². The summed E-state index contributed by atoms with van der Waals surface area (Å²) in [7, 11) is -3.05. The molecule has 4 unspecified atom stereocenters. The lowest BCUT2D eigenvalue weighted by Crippen LogP contribution is -2.38. The quantitative estimate of drug-likeness (QED) is 0.715. The van der Waals surface area contributed by atoms with Crippen LogP contribution in [-0.4, -0.2) is 30.5 Å². The van der Waals surface area contributed by atoms with Crippen LogP contribution in [0.15, 0.2) is 24.3 Å². The lowest BCUT2D eigenvalue weighted by molar-refractivity contribution is 0.552. The molecule has 14 heavy (non-hydrogen) atoms. The van der Waals surface area contributed by atoms with E-state index in [-0.39, 0.29) is 16.5 Å². The highest BCUT2D eigenvalue weighted by Crippen LogP contribution is 2.42. The molecule has 0 radical (unpaired) electrons. The van der Waals surface area contributed by atoms with E-state index in [1.54, 1.807) is 11.8 Å². The molecular formula is C9H13NO2S2. The number of rotatable bonds is 1. The van der Waals surface area contributed by atoms with Gasteiger partial charge in [-0.3, -0.25) is 0 Å². The van der Waals surface area contributed by atoms with Crippen LogP contribution < -0.4 is 5.73 Å². The van der Waals surface area contributed by atoms with Crippen molar-refractivity contribution in [2.24, 2.45) is 11.7 Å². The lowest BCUT2D eigenvalue weighted by Gasteiger charge is -2.20. The Balaban J connectivity index is 2.35. The van der Waals surface area contributed by atoms with Gasteiger partial charge < -0.3 is 5.73 Å². The van der Waals surface area contributed by atoms with Gasteiger partial charge in [-0.05, 0) is 0 Å². The van der Waals surface area contributed by atoms with Gasteiger partial charge in [0.05, 0.1) is 10.6 Å². The fraction of sp³-hybridized carbons (Fsp3) is 0.556. The van der Waals surface area contributed by atoms with Crippen LogP contribution in [0.1, 0.15) is 0 Å². The average Bonchev–Trinajstić information content (AvgIpc) is 2.38. The predicted octanol–water partition coefficient (Wildman–Crippen LogP) is 0.542. The molecule has 0 aromatic rings. The number of fused-ring (bicyclic) bond motifs is 1. The van der Waals surface area contributed by atoms with Gasteiger partial charge in [0.15, 0.2) is 9.84 Å². The summed E-state index contributed by atoms with van der Waals surface area (Å²) in [4.78, 5) is 0. The van der Waals surface area contributed by atoms with E-state index in [0.717, 1.165) is 0 Å². The minimum atomic E-state index is -3.05. The molecular weight excluding hydrogens is 218 g/mol. The maximum Gasteiger partial charge on any atom is 0.153 e. The third kappa shape index (κ3) is 1.64. The number of nitrogens with two attached hydrogens (primary N) is 1. The molecule has 1 heterocycles. The molecule has 1 fully saturated rings. The van der Waals surface area contributed by atoms with E-state index in [1.807, 2.05) is 24.3 Å². The third-order valence-corrected chi connectivity index (χ3v) is 5.80. The molecule has 0 spiro atoms. The minimum Gasteiger partial charge on any atom is -0.318 e. The number of thioether (sulfide) groups is 1. The third-order valence-electron chi connectivity index (χ3n) is 2.64. The second-order valence-corrected chi connectivity index (χ2v) is 7.27. The molecule has 0 bridgehead atoms. The van der Waals surface area contributed by atoms with Gasteiger partial charge in [0.2, 0.25) is 0 Å². The Morgan fingerprint density at radius 2 is 1.93 bits per heavy atom. The molecule has 0 saturated carbocycles. The zero-order valence-corrected chi connectivity index (χ0v) is 9.46. The maximum absolute atomic E-state index is 11.5. The first-order valence-corrected chi connectivity index (χ1v) is 7.35. The summed E-state index contributed by atoms with van der Waals surface area (Å²) in [6.45, 7) is 0. The van der Waals surface area contributed by atoms with Crippen LogP contribution in [0, 0.1) is 5.92 Å². The molecule has 0 amide bonds. The zero-order chi connectivity index (χ0) is 10.3. The molecule has 0 aromatic carbocycles. The van der Waals surface area contributed by atoms with Gasteiger partial charge in [-0.25, -0.2) is 8.42 Å². The second kappa shape index (κ2) is 3.40. The summed E-state index contributed by atoms with van der Waals surface area (Å²) in [5.74, 6) is 0.0509. The van der Waals surface area contributed by atoms with Gasteiger partial charge in [-0.2, -0.15) is 0 Å². The summed E-state index contributed by atoms with van der Waals surface area (Å²) in [6.07, 6.45) is 9.10. The van der Waals surface area contributed by atoms with Gasteiger partial charge in [0.25, 0.3) is 0 Å². The highest BCUT2D eigenvalue weighted by Gasteiger charge is 2.45. The van der Waals surface area contributed by atoms with E-state index in [0.29, 0.717) is 0 Å². The molecule has 2 aliphatic rings. The number of sulfone groups is 1. The summed E-state index contributed by atoms with van der Waals surface area (Å²) in [6, 6.07) is 0. The largest absolute Gasteiger partial charge is 0.318 e. The first-order chi connectivity index (χ1) is 6.50. The monoisotopic (exact) mass is 231 g/mol. The highest BCUT2D eigenvalue weighted by molar-refractivity contribution is 8.02. The second-order valence-electron chi connectivity index (χ2n) is 3.71. The Labute approximate surface area is 88.4 Å². The van der Waals surface area contributed by atoms with Crippen LogP contribution in [-0.2, 0) is 9.84 Å². The van der Waals surface area contributed by atoms with Crippen molar-refractivity contribution in [3.63, 3.8) is 0 Å². The van der Waals surface area contributed by atoms with Gasteiger partial charge >= 0.3 is 0 Å². The molecule has 1 aliphatic carbocycles. The maximum atomic E-state index is 11.5. The van der Waals surface area contributed by atoms with E-state index in [2.05, 4.69) is 0 Å². The fourth-order valence-electron chi connectivity index (χ4n) is 2.04. The molecule has 0 aromatic heterocycles. The Morgan fingerprint density at radius 3 is 2.57 bits per heavy atom. The van der Waals surface area contributed by atoms with E-state index in [9.17, 15) is 8.42 Å². The summed E-state index contributed by atoms with van der Waals surface area (Å²) in [5.41, 5.74) is 5.84. The van der Waals surface area contributed by atoms with E-state index < -0.39 is 15.1 Å². The molecule has 5 heteroatoms. The minimum absolute atomic E-state index is 0.0509. The molecule has 4 atom stereocenters. The van der Waals surface area contributed by atoms with Crippen molar-refractivity contribution in [2.75, 3.05) is 6.26 Å². The summed E-state index contributed by atoms with van der Waals surface area (Å²) >= 11 is 1.54. The van der Waals surface area contributed by atoms with Crippen molar-refractivity contribution < 1.29 is 8.42 Å². The van der Waals surface area contributed by atoms with Crippen LogP contribution >= 0.6 is 11.8 Å².